The van der Waals surface area contributed by atoms with Gasteiger partial charge in [-0.25, -0.2) is 9.97 Å². The van der Waals surface area contributed by atoms with Gasteiger partial charge in [0.15, 0.2) is 0 Å². The first kappa shape index (κ1) is 31.0. The quantitative estimate of drug-likeness (QED) is 0.182. The topological polar surface area (TPSA) is 30.7 Å². The van der Waals surface area contributed by atoms with Crippen LogP contribution in [0.25, 0.3) is 83.6 Å². The van der Waals surface area contributed by atoms with E-state index < -0.39 is 5.41 Å². The third kappa shape index (κ3) is 4.22. The summed E-state index contributed by atoms with van der Waals surface area (Å²) >= 11 is 0. The molecule has 0 radical (unpaired) electrons. The maximum Gasteiger partial charge on any atom is 0.235 e. The fraction of sp³-hybridized carbons (Fsp3) is 0.0189. The molecule has 0 saturated carbocycles. The normalized spacial score (nSPS) is 13.1. The lowest BCUT2D eigenvalue weighted by Crippen LogP contribution is -2.26. The number of para-hydroxylation sites is 1. The Morgan fingerprint density at radius 2 is 0.821 bits per heavy atom. The van der Waals surface area contributed by atoms with Crippen molar-refractivity contribution in [1.29, 1.82) is 0 Å². The van der Waals surface area contributed by atoms with Crippen LogP contribution >= 0.6 is 0 Å². The number of hydrogen-bond donors (Lipinski definition) is 0. The third-order valence-corrected chi connectivity index (χ3v) is 12.1. The number of benzene rings is 8. The average molecular weight is 712 g/mol. The highest BCUT2D eigenvalue weighted by atomic mass is 15.2. The molecule has 0 fully saturated rings. The summed E-state index contributed by atoms with van der Waals surface area (Å²) in [5.41, 5.74) is 18.4. The summed E-state index contributed by atoms with van der Waals surface area (Å²) in [6, 6.07) is 72.3. The van der Waals surface area contributed by atoms with Crippen molar-refractivity contribution in [2.75, 3.05) is 0 Å². The Bertz CT molecular complexity index is 3110. The summed E-state index contributed by atoms with van der Waals surface area (Å²) in [5, 5.41) is 2.43. The molecule has 0 aliphatic heterocycles. The van der Waals surface area contributed by atoms with Gasteiger partial charge in [0.2, 0.25) is 5.95 Å². The lowest BCUT2D eigenvalue weighted by molar-refractivity contribution is 0.801. The van der Waals surface area contributed by atoms with Gasteiger partial charge in [0.1, 0.15) is 0 Å². The number of fused-ring (bicyclic) bond motifs is 14. The van der Waals surface area contributed by atoms with Gasteiger partial charge in [0, 0.05) is 21.9 Å². The highest BCUT2D eigenvalue weighted by Crippen LogP contribution is 2.64. The van der Waals surface area contributed by atoms with Gasteiger partial charge in [-0.15, -0.1) is 0 Å². The van der Waals surface area contributed by atoms with Gasteiger partial charge in [-0.2, -0.15) is 0 Å². The summed E-state index contributed by atoms with van der Waals surface area (Å²) in [4.78, 5) is 10.8. The van der Waals surface area contributed by atoms with Crippen molar-refractivity contribution in [3.63, 3.8) is 0 Å². The first-order chi connectivity index (χ1) is 27.8. The Balaban J connectivity index is 1.16. The molecule has 56 heavy (non-hydrogen) atoms. The van der Waals surface area contributed by atoms with Crippen molar-refractivity contribution in [2.45, 2.75) is 5.41 Å². The zero-order valence-electron chi connectivity index (χ0n) is 30.4. The summed E-state index contributed by atoms with van der Waals surface area (Å²) in [5.74, 6) is 0.649. The van der Waals surface area contributed by atoms with E-state index in [-0.39, 0.29) is 0 Å². The van der Waals surface area contributed by atoms with E-state index in [1.807, 2.05) is 0 Å². The average Bonchev–Trinajstić information content (AvgIpc) is 3.89. The highest BCUT2D eigenvalue weighted by Gasteiger charge is 2.52. The van der Waals surface area contributed by atoms with Crippen LogP contribution in [0, 0.1) is 0 Å². The van der Waals surface area contributed by atoms with Crippen molar-refractivity contribution in [3.8, 4) is 61.8 Å². The van der Waals surface area contributed by atoms with E-state index in [9.17, 15) is 0 Å². The van der Waals surface area contributed by atoms with Gasteiger partial charge in [-0.05, 0) is 73.8 Å². The molecule has 0 unspecified atom stereocenters. The molecular weight excluding hydrogens is 679 g/mol. The van der Waals surface area contributed by atoms with Crippen molar-refractivity contribution in [2.24, 2.45) is 0 Å². The van der Waals surface area contributed by atoms with Crippen LogP contribution in [-0.2, 0) is 5.41 Å². The first-order valence-electron chi connectivity index (χ1n) is 19.3. The fourth-order valence-electron chi connectivity index (χ4n) is 9.77. The standard InChI is InChI=1S/C53H33N3/c1-3-15-34(16-4-1)35-27-29-37(30-28-35)47-33-46(36-17-5-2-6-18-36)54-52(55-47)56-48-26-14-10-22-42(48)50-49(56)32-31-41-40-21-9-13-25-45(40)53(51(41)50)43-23-11-7-19-38(43)39-20-8-12-24-44(39)53/h1-33H. The number of nitrogens with zero attached hydrogens (tertiary/aromatic N) is 3. The first-order valence-corrected chi connectivity index (χ1v) is 19.3. The van der Waals surface area contributed by atoms with Gasteiger partial charge in [-0.1, -0.05) is 182 Å². The van der Waals surface area contributed by atoms with Crippen molar-refractivity contribution in [1.82, 2.24) is 14.5 Å². The predicted molar refractivity (Wildman–Crippen MR) is 229 cm³/mol. The van der Waals surface area contributed by atoms with E-state index in [1.165, 1.54) is 66.4 Å². The second kappa shape index (κ2) is 11.8. The van der Waals surface area contributed by atoms with E-state index in [0.29, 0.717) is 5.95 Å². The largest absolute Gasteiger partial charge is 0.278 e. The van der Waals surface area contributed by atoms with Crippen LogP contribution in [0.4, 0.5) is 0 Å². The molecule has 2 aromatic heterocycles. The lowest BCUT2D eigenvalue weighted by atomic mass is 9.69. The predicted octanol–water partition coefficient (Wildman–Crippen LogP) is 12.9. The SMILES string of the molecule is c1ccc(-c2ccc(-c3cc(-c4ccccc4)nc(-n4c5ccccc5c5c6c(ccc54)-c4ccccc4C64c5ccccc5-c5ccccc54)n3)cc2)cc1. The van der Waals surface area contributed by atoms with E-state index in [0.717, 1.165) is 33.5 Å². The summed E-state index contributed by atoms with van der Waals surface area (Å²) in [7, 11) is 0. The Morgan fingerprint density at radius 1 is 0.357 bits per heavy atom. The maximum atomic E-state index is 5.42. The molecule has 2 aliphatic carbocycles. The molecule has 0 atom stereocenters. The highest BCUT2D eigenvalue weighted by molar-refractivity contribution is 6.16. The van der Waals surface area contributed by atoms with Gasteiger partial charge in [0.25, 0.3) is 0 Å². The van der Waals surface area contributed by atoms with E-state index in [1.54, 1.807) is 0 Å². The molecule has 8 aromatic carbocycles. The lowest BCUT2D eigenvalue weighted by Gasteiger charge is -2.31. The van der Waals surface area contributed by atoms with Crippen LogP contribution in [0.5, 0.6) is 0 Å². The Morgan fingerprint density at radius 3 is 1.45 bits per heavy atom. The van der Waals surface area contributed by atoms with Crippen LogP contribution in [0.2, 0.25) is 0 Å². The molecule has 2 heterocycles. The fourth-order valence-corrected chi connectivity index (χ4v) is 9.77. The van der Waals surface area contributed by atoms with Crippen LogP contribution in [0.3, 0.4) is 0 Å². The third-order valence-electron chi connectivity index (χ3n) is 12.1. The van der Waals surface area contributed by atoms with Crippen molar-refractivity contribution < 1.29 is 0 Å². The van der Waals surface area contributed by atoms with Crippen LogP contribution in [0.1, 0.15) is 22.3 Å². The molecule has 0 N–H and O–H groups in total. The molecule has 0 bridgehead atoms. The molecule has 3 heteroatoms. The van der Waals surface area contributed by atoms with Crippen LogP contribution in [0.15, 0.2) is 200 Å². The van der Waals surface area contributed by atoms with Crippen LogP contribution < -0.4 is 0 Å². The van der Waals surface area contributed by atoms with Gasteiger partial charge < -0.3 is 0 Å². The minimum atomic E-state index is -0.480. The zero-order valence-corrected chi connectivity index (χ0v) is 30.4. The van der Waals surface area contributed by atoms with E-state index in [4.69, 9.17) is 9.97 Å². The maximum absolute atomic E-state index is 5.42. The van der Waals surface area contributed by atoms with Crippen molar-refractivity contribution >= 4 is 21.8 Å². The zero-order chi connectivity index (χ0) is 36.8. The Labute approximate surface area is 324 Å². The van der Waals surface area contributed by atoms with Crippen molar-refractivity contribution in [3.05, 3.63) is 222 Å². The summed E-state index contributed by atoms with van der Waals surface area (Å²) in [6.07, 6.45) is 0. The Kier molecular flexibility index (Phi) is 6.55. The molecule has 10 aromatic rings. The molecule has 0 saturated heterocycles. The number of aromatic nitrogens is 3. The smallest absolute Gasteiger partial charge is 0.235 e. The summed E-state index contributed by atoms with van der Waals surface area (Å²) < 4.78 is 2.29. The van der Waals surface area contributed by atoms with E-state index >= 15 is 0 Å². The minimum absolute atomic E-state index is 0.480. The number of rotatable bonds is 4. The Hall–Kier alpha value is -7.36. The number of hydrogen-bond acceptors (Lipinski definition) is 2. The van der Waals surface area contributed by atoms with Gasteiger partial charge in [0.05, 0.1) is 27.8 Å². The molecule has 260 valence electrons. The molecule has 1 spiro atoms. The minimum Gasteiger partial charge on any atom is -0.278 e. The van der Waals surface area contributed by atoms with E-state index in [2.05, 4.69) is 205 Å². The molecular formula is C53H33N3. The second-order valence-electron chi connectivity index (χ2n) is 14.9. The van der Waals surface area contributed by atoms with Crippen LogP contribution in [-0.4, -0.2) is 14.5 Å². The summed E-state index contributed by atoms with van der Waals surface area (Å²) in [6.45, 7) is 0. The van der Waals surface area contributed by atoms with Gasteiger partial charge >= 0.3 is 0 Å². The molecule has 2 aliphatic rings. The monoisotopic (exact) mass is 711 g/mol. The molecule has 0 amide bonds. The second-order valence-corrected chi connectivity index (χ2v) is 14.9. The molecule has 12 rings (SSSR count). The molecule has 3 nitrogen and oxygen atoms in total. The van der Waals surface area contributed by atoms with Gasteiger partial charge in [-0.3, -0.25) is 4.57 Å².